The van der Waals surface area contributed by atoms with E-state index in [-0.39, 0.29) is 11.7 Å². The van der Waals surface area contributed by atoms with E-state index >= 15 is 0 Å². The lowest BCUT2D eigenvalue weighted by Crippen LogP contribution is -2.08. The van der Waals surface area contributed by atoms with Gasteiger partial charge in [-0.3, -0.25) is 9.59 Å². The Morgan fingerprint density at radius 1 is 1.57 bits per heavy atom. The number of aryl methyl sites for hydroxylation is 1. The first kappa shape index (κ1) is 11.7. The molecular weight excluding hydrogens is 314 g/mol. The van der Waals surface area contributed by atoms with Crippen molar-refractivity contribution in [2.45, 2.75) is 6.92 Å². The van der Waals surface area contributed by atoms with Crippen LogP contribution >= 0.6 is 34.2 Å². The van der Waals surface area contributed by atoms with Crippen LogP contribution in [0.1, 0.15) is 26.3 Å². The first-order valence-electron chi connectivity index (χ1n) is 3.94. The third kappa shape index (κ3) is 2.33. The van der Waals surface area contributed by atoms with Crippen LogP contribution in [0.15, 0.2) is 12.1 Å². The van der Waals surface area contributed by atoms with Gasteiger partial charge in [0, 0.05) is 14.7 Å². The molecule has 0 fully saturated rings. The summed E-state index contributed by atoms with van der Waals surface area (Å²) in [5.41, 5.74) is 1.81. The molecule has 1 rings (SSSR count). The van der Waals surface area contributed by atoms with Crippen molar-refractivity contribution in [3.8, 4) is 0 Å². The summed E-state index contributed by atoms with van der Waals surface area (Å²) in [5.74, 6) is -0.307. The highest BCUT2D eigenvalue weighted by atomic mass is 127. The van der Waals surface area contributed by atoms with Gasteiger partial charge < -0.3 is 0 Å². The molecule has 0 amide bonds. The number of Topliss-reactive ketones (excluding diaryl/α,β-unsaturated/α-hetero) is 1. The predicted molar refractivity (Wildman–Crippen MR) is 64.3 cm³/mol. The number of ketones is 1. The lowest BCUT2D eigenvalue weighted by molar-refractivity contribution is 0.101. The number of rotatable bonds is 3. The smallest absolute Gasteiger partial charge is 0.179 e. The minimum Gasteiger partial charge on any atom is -0.298 e. The van der Waals surface area contributed by atoms with Gasteiger partial charge in [0.2, 0.25) is 0 Å². The number of carbonyl (C=O) groups is 2. The topological polar surface area (TPSA) is 34.1 Å². The molecule has 0 heterocycles. The third-order valence-electron chi connectivity index (χ3n) is 1.79. The van der Waals surface area contributed by atoms with Crippen LogP contribution in [-0.2, 0) is 0 Å². The molecule has 0 unspecified atom stereocenters. The van der Waals surface area contributed by atoms with Crippen LogP contribution in [0.25, 0.3) is 0 Å². The number of benzene rings is 1. The van der Waals surface area contributed by atoms with Gasteiger partial charge in [0.15, 0.2) is 12.1 Å². The molecule has 0 aliphatic heterocycles. The number of hydrogen-bond acceptors (Lipinski definition) is 2. The molecule has 0 aromatic heterocycles. The van der Waals surface area contributed by atoms with E-state index in [1.54, 1.807) is 6.07 Å². The minimum absolute atomic E-state index is 0.0973. The van der Waals surface area contributed by atoms with Crippen LogP contribution in [0.5, 0.6) is 0 Å². The van der Waals surface area contributed by atoms with Gasteiger partial charge in [-0.15, -0.1) is 11.6 Å². The largest absolute Gasteiger partial charge is 0.298 e. The Labute approximate surface area is 101 Å². The lowest BCUT2D eigenvalue weighted by atomic mass is 10.0. The number of hydrogen-bond donors (Lipinski definition) is 0. The maximum Gasteiger partial charge on any atom is 0.179 e. The highest BCUT2D eigenvalue weighted by molar-refractivity contribution is 14.1. The van der Waals surface area contributed by atoms with Gasteiger partial charge in [0.05, 0.1) is 5.88 Å². The normalized spacial score (nSPS) is 9.93. The summed E-state index contributed by atoms with van der Waals surface area (Å²) < 4.78 is 0.773. The molecule has 14 heavy (non-hydrogen) atoms. The van der Waals surface area contributed by atoms with E-state index in [1.807, 2.05) is 35.6 Å². The summed E-state index contributed by atoms with van der Waals surface area (Å²) in [4.78, 5) is 22.2. The van der Waals surface area contributed by atoms with E-state index in [1.165, 1.54) is 0 Å². The molecular formula is C10H8ClIO2. The van der Waals surface area contributed by atoms with Gasteiger partial charge in [0.1, 0.15) is 0 Å². The highest BCUT2D eigenvalue weighted by Crippen LogP contribution is 2.19. The van der Waals surface area contributed by atoms with Gasteiger partial charge >= 0.3 is 0 Å². The zero-order valence-corrected chi connectivity index (χ0v) is 10.4. The standard InChI is InChI=1S/C10H8ClIO2/c1-6-2-7(5-13)10(8(12)3-6)9(14)4-11/h2-3,5H,4H2,1H3. The van der Waals surface area contributed by atoms with E-state index in [2.05, 4.69) is 0 Å². The van der Waals surface area contributed by atoms with Crippen molar-refractivity contribution >= 4 is 46.3 Å². The van der Waals surface area contributed by atoms with Crippen molar-refractivity contribution in [1.82, 2.24) is 0 Å². The Hall–Kier alpha value is -0.420. The SMILES string of the molecule is Cc1cc(I)c(C(=O)CCl)c(C=O)c1. The molecule has 0 saturated heterocycles. The Balaban J connectivity index is 3.39. The quantitative estimate of drug-likeness (QED) is 0.371. The number of alkyl halides is 1. The molecule has 0 bridgehead atoms. The fourth-order valence-electron chi connectivity index (χ4n) is 1.22. The van der Waals surface area contributed by atoms with Crippen molar-refractivity contribution in [2.24, 2.45) is 0 Å². The summed E-state index contributed by atoms with van der Waals surface area (Å²) in [6, 6.07) is 3.54. The summed E-state index contributed by atoms with van der Waals surface area (Å²) in [6.45, 7) is 1.88. The maximum absolute atomic E-state index is 11.4. The average Bonchev–Trinajstić information content (AvgIpc) is 2.15. The molecule has 0 spiro atoms. The van der Waals surface area contributed by atoms with E-state index in [9.17, 15) is 9.59 Å². The van der Waals surface area contributed by atoms with Crippen molar-refractivity contribution in [3.05, 3.63) is 32.4 Å². The Bertz CT molecular complexity index is 388. The maximum atomic E-state index is 11.4. The lowest BCUT2D eigenvalue weighted by Gasteiger charge is -2.06. The van der Waals surface area contributed by atoms with E-state index in [0.717, 1.165) is 9.13 Å². The first-order chi connectivity index (χ1) is 6.60. The molecule has 0 N–H and O–H groups in total. The van der Waals surface area contributed by atoms with Crippen LogP contribution in [0.3, 0.4) is 0 Å². The zero-order valence-electron chi connectivity index (χ0n) is 7.51. The van der Waals surface area contributed by atoms with Gasteiger partial charge in [0.25, 0.3) is 0 Å². The molecule has 1 aromatic carbocycles. The summed E-state index contributed by atoms with van der Waals surface area (Å²) >= 11 is 7.49. The second kappa shape index (κ2) is 4.89. The third-order valence-corrected chi connectivity index (χ3v) is 2.89. The molecule has 2 nitrogen and oxygen atoms in total. The molecule has 4 heteroatoms. The summed E-state index contributed by atoms with van der Waals surface area (Å²) in [5, 5.41) is 0. The van der Waals surface area contributed by atoms with Crippen molar-refractivity contribution in [1.29, 1.82) is 0 Å². The van der Waals surface area contributed by atoms with Crippen LogP contribution < -0.4 is 0 Å². The number of halogens is 2. The van der Waals surface area contributed by atoms with Crippen LogP contribution in [0.2, 0.25) is 0 Å². The Kier molecular flexibility index (Phi) is 4.07. The monoisotopic (exact) mass is 322 g/mol. The highest BCUT2D eigenvalue weighted by Gasteiger charge is 2.14. The predicted octanol–water partition coefficient (Wildman–Crippen LogP) is 2.83. The fourth-order valence-corrected chi connectivity index (χ4v) is 2.46. The van der Waals surface area contributed by atoms with E-state index in [4.69, 9.17) is 11.6 Å². The second-order valence-corrected chi connectivity index (χ2v) is 4.32. The van der Waals surface area contributed by atoms with Crippen LogP contribution in [0, 0.1) is 10.5 Å². The van der Waals surface area contributed by atoms with Crippen LogP contribution in [0.4, 0.5) is 0 Å². The fraction of sp³-hybridized carbons (Fsp3) is 0.200. The molecule has 0 aliphatic carbocycles. The van der Waals surface area contributed by atoms with Gasteiger partial charge in [-0.1, -0.05) is 0 Å². The molecule has 1 aromatic rings. The average molecular weight is 323 g/mol. The molecule has 0 aliphatic rings. The minimum atomic E-state index is -0.210. The molecule has 0 atom stereocenters. The second-order valence-electron chi connectivity index (χ2n) is 2.89. The zero-order chi connectivity index (χ0) is 10.7. The summed E-state index contributed by atoms with van der Waals surface area (Å²) in [6.07, 6.45) is 0.689. The number of carbonyl (C=O) groups excluding carboxylic acids is 2. The van der Waals surface area contributed by atoms with Crippen LogP contribution in [-0.4, -0.2) is 17.9 Å². The number of aldehydes is 1. The van der Waals surface area contributed by atoms with Crippen molar-refractivity contribution in [3.63, 3.8) is 0 Å². The van der Waals surface area contributed by atoms with Gasteiger partial charge in [-0.2, -0.15) is 0 Å². The van der Waals surface area contributed by atoms with E-state index < -0.39 is 0 Å². The van der Waals surface area contributed by atoms with Gasteiger partial charge in [-0.25, -0.2) is 0 Å². The van der Waals surface area contributed by atoms with Crippen molar-refractivity contribution < 1.29 is 9.59 Å². The van der Waals surface area contributed by atoms with Crippen molar-refractivity contribution in [2.75, 3.05) is 5.88 Å². The Morgan fingerprint density at radius 3 is 2.71 bits per heavy atom. The molecule has 0 radical (unpaired) electrons. The Morgan fingerprint density at radius 2 is 2.21 bits per heavy atom. The summed E-state index contributed by atoms with van der Waals surface area (Å²) in [7, 11) is 0. The van der Waals surface area contributed by atoms with E-state index in [0.29, 0.717) is 17.4 Å². The molecule has 0 saturated carbocycles. The molecule has 74 valence electrons. The first-order valence-corrected chi connectivity index (χ1v) is 5.56. The van der Waals surface area contributed by atoms with Gasteiger partial charge in [-0.05, 0) is 47.2 Å².